The molecular weight excluding hydrogens is 227 g/mol. The van der Waals surface area contributed by atoms with Crippen molar-refractivity contribution in [3.8, 4) is 5.75 Å². The molecule has 0 unspecified atom stereocenters. The summed E-state index contributed by atoms with van der Waals surface area (Å²) in [5, 5.41) is 0.302. The van der Waals surface area contributed by atoms with Crippen molar-refractivity contribution in [2.45, 2.75) is 0 Å². The van der Waals surface area contributed by atoms with E-state index < -0.39 is 10.4 Å². The Bertz CT molecular complexity index is 378. The second-order valence-electron chi connectivity index (χ2n) is 1.95. The zero-order chi connectivity index (χ0) is 9.19. The summed E-state index contributed by atoms with van der Waals surface area (Å²) >= 11 is 5.50. The normalized spacial score (nSPS) is 10.3. The van der Waals surface area contributed by atoms with E-state index in [2.05, 4.69) is 4.18 Å². The Morgan fingerprint density at radius 1 is 1.38 bits per heavy atom. The van der Waals surface area contributed by atoms with E-state index >= 15 is 0 Å². The molecule has 1 aromatic carbocycles. The van der Waals surface area contributed by atoms with Gasteiger partial charge >= 0.3 is 29.6 Å². The summed E-state index contributed by atoms with van der Waals surface area (Å²) in [7, 11) is -4.70. The van der Waals surface area contributed by atoms with E-state index in [1.807, 2.05) is 0 Å². The van der Waals surface area contributed by atoms with Crippen LogP contribution >= 0.6 is 11.6 Å². The van der Waals surface area contributed by atoms with Gasteiger partial charge in [0.2, 0.25) is 0 Å². The van der Waals surface area contributed by atoms with Gasteiger partial charge in [-0.05, 0) is 12.1 Å². The summed E-state index contributed by atoms with van der Waals surface area (Å²) in [5.74, 6) is -0.0856. The fraction of sp³-hybridized carbons (Fsp3) is 0. The zero-order valence-electron chi connectivity index (χ0n) is 6.73. The largest absolute Gasteiger partial charge is 1.00 e. The maximum Gasteiger partial charge on any atom is 1.00 e. The molecule has 0 bridgehead atoms. The van der Waals surface area contributed by atoms with Crippen molar-refractivity contribution < 1.29 is 46.7 Å². The third-order valence-corrected chi connectivity index (χ3v) is 1.63. The van der Waals surface area contributed by atoms with Crippen LogP contribution in [0.2, 0.25) is 5.02 Å². The third kappa shape index (κ3) is 5.51. The van der Waals surface area contributed by atoms with Gasteiger partial charge in [-0.2, -0.15) is 0 Å². The molecule has 0 amide bonds. The second-order valence-corrected chi connectivity index (χ2v) is 3.37. The third-order valence-electron chi connectivity index (χ3n) is 0.994. The maximum absolute atomic E-state index is 10.1. The second kappa shape index (κ2) is 5.19. The van der Waals surface area contributed by atoms with E-state index in [9.17, 15) is 13.0 Å². The van der Waals surface area contributed by atoms with Crippen molar-refractivity contribution in [2.24, 2.45) is 0 Å². The summed E-state index contributed by atoms with van der Waals surface area (Å²) in [6, 6.07) is 5.56. The molecule has 7 heteroatoms. The Hall–Kier alpha value is 0.220. The van der Waals surface area contributed by atoms with Crippen LogP contribution in [0.3, 0.4) is 0 Å². The smallest absolute Gasteiger partial charge is 0.716 e. The van der Waals surface area contributed by atoms with E-state index in [-0.39, 0.29) is 35.3 Å². The SMILES string of the molecule is O=S(=O)([O-])Oc1cccc(Cl)c1.[Na+]. The first-order valence-electron chi connectivity index (χ1n) is 2.88. The molecule has 1 rings (SSSR count). The van der Waals surface area contributed by atoms with Gasteiger partial charge in [-0.3, -0.25) is 0 Å². The molecule has 0 N–H and O–H groups in total. The summed E-state index contributed by atoms with van der Waals surface area (Å²) < 4.78 is 34.3. The van der Waals surface area contributed by atoms with E-state index in [1.54, 1.807) is 0 Å². The van der Waals surface area contributed by atoms with Gasteiger partial charge in [0.05, 0.1) is 0 Å². The first-order valence-corrected chi connectivity index (χ1v) is 4.59. The molecule has 0 heterocycles. The van der Waals surface area contributed by atoms with Crippen molar-refractivity contribution in [3.05, 3.63) is 29.3 Å². The topological polar surface area (TPSA) is 66.4 Å². The number of hydrogen-bond acceptors (Lipinski definition) is 4. The van der Waals surface area contributed by atoms with Crippen LogP contribution in [-0.2, 0) is 10.4 Å². The predicted molar refractivity (Wildman–Crippen MR) is 41.8 cm³/mol. The molecule has 1 aromatic rings. The molecule has 0 aliphatic rings. The number of halogens is 1. The van der Waals surface area contributed by atoms with Gasteiger partial charge in [0.1, 0.15) is 5.75 Å². The van der Waals surface area contributed by atoms with Gasteiger partial charge in [0.15, 0.2) is 0 Å². The first kappa shape index (κ1) is 13.2. The monoisotopic (exact) mass is 230 g/mol. The summed E-state index contributed by atoms with van der Waals surface area (Å²) in [5.41, 5.74) is 0. The van der Waals surface area contributed by atoms with Gasteiger partial charge < -0.3 is 8.74 Å². The Kier molecular flexibility index (Phi) is 5.28. The molecule has 0 atom stereocenters. The Morgan fingerprint density at radius 3 is 2.46 bits per heavy atom. The van der Waals surface area contributed by atoms with E-state index in [4.69, 9.17) is 11.6 Å². The molecule has 0 saturated heterocycles. The summed E-state index contributed by atoms with van der Waals surface area (Å²) in [6.45, 7) is 0. The van der Waals surface area contributed by atoms with Crippen molar-refractivity contribution in [1.82, 2.24) is 0 Å². The number of benzene rings is 1. The van der Waals surface area contributed by atoms with Crippen LogP contribution in [0.4, 0.5) is 0 Å². The minimum atomic E-state index is -4.70. The molecule has 13 heavy (non-hydrogen) atoms. The standard InChI is InChI=1S/C6H5ClO4S.Na/c7-5-2-1-3-6(4-5)11-12(8,9)10;/h1-4H,(H,8,9,10);/q;+1/p-1. The molecule has 0 aliphatic heterocycles. The summed E-state index contributed by atoms with van der Waals surface area (Å²) in [6.07, 6.45) is 0. The van der Waals surface area contributed by atoms with Crippen LogP contribution in [0.5, 0.6) is 5.75 Å². The van der Waals surface area contributed by atoms with Crippen LogP contribution in [-0.4, -0.2) is 13.0 Å². The van der Waals surface area contributed by atoms with Crippen molar-refractivity contribution >= 4 is 22.0 Å². The fourth-order valence-corrected chi connectivity index (χ4v) is 1.16. The fourth-order valence-electron chi connectivity index (χ4n) is 0.637. The van der Waals surface area contributed by atoms with Crippen molar-refractivity contribution in [1.29, 1.82) is 0 Å². The molecule has 0 fully saturated rings. The van der Waals surface area contributed by atoms with Crippen molar-refractivity contribution in [2.75, 3.05) is 0 Å². The number of hydrogen-bond donors (Lipinski definition) is 0. The van der Waals surface area contributed by atoms with Crippen molar-refractivity contribution in [3.63, 3.8) is 0 Å². The number of rotatable bonds is 2. The van der Waals surface area contributed by atoms with Crippen LogP contribution < -0.4 is 33.7 Å². The van der Waals surface area contributed by atoms with Gasteiger partial charge in [-0.25, -0.2) is 8.42 Å². The molecule has 0 aliphatic carbocycles. The van der Waals surface area contributed by atoms with Crippen LogP contribution in [0.25, 0.3) is 0 Å². The van der Waals surface area contributed by atoms with E-state index in [1.165, 1.54) is 24.3 Å². The quantitative estimate of drug-likeness (QED) is 0.341. The predicted octanol–water partition coefficient (Wildman–Crippen LogP) is -1.82. The molecule has 0 aromatic heterocycles. The van der Waals surface area contributed by atoms with Gasteiger partial charge in [-0.15, -0.1) is 0 Å². The Labute approximate surface area is 103 Å². The molecular formula is C6H4ClNaO4S. The minimum Gasteiger partial charge on any atom is -0.716 e. The van der Waals surface area contributed by atoms with E-state index in [0.29, 0.717) is 5.02 Å². The maximum atomic E-state index is 10.1. The molecule has 66 valence electrons. The molecule has 0 radical (unpaired) electrons. The van der Waals surface area contributed by atoms with Crippen LogP contribution in [0.15, 0.2) is 24.3 Å². The van der Waals surface area contributed by atoms with Crippen LogP contribution in [0.1, 0.15) is 0 Å². The van der Waals surface area contributed by atoms with Crippen LogP contribution in [0, 0.1) is 0 Å². The summed E-state index contributed by atoms with van der Waals surface area (Å²) in [4.78, 5) is 0. The average molecular weight is 231 g/mol. The van der Waals surface area contributed by atoms with Gasteiger partial charge in [0.25, 0.3) is 10.4 Å². The Morgan fingerprint density at radius 2 is 2.00 bits per heavy atom. The van der Waals surface area contributed by atoms with Gasteiger partial charge in [-0.1, -0.05) is 17.7 Å². The molecule has 4 nitrogen and oxygen atoms in total. The average Bonchev–Trinajstić information content (AvgIpc) is 1.82. The molecule has 0 spiro atoms. The van der Waals surface area contributed by atoms with Gasteiger partial charge in [0, 0.05) is 11.1 Å². The molecule has 0 saturated carbocycles. The van der Waals surface area contributed by atoms with E-state index in [0.717, 1.165) is 0 Å². The Balaban J connectivity index is 0.00000144. The first-order chi connectivity index (χ1) is 5.47. The zero-order valence-corrected chi connectivity index (χ0v) is 10.3. The minimum absolute atomic E-state index is 0.